The van der Waals surface area contributed by atoms with Crippen molar-refractivity contribution in [1.82, 2.24) is 20.9 Å². The van der Waals surface area contributed by atoms with Gasteiger partial charge in [-0.05, 0) is 13.8 Å². The fraction of sp³-hybridized carbons (Fsp3) is 0.467. The molecule has 2 atom stereocenters. The molecule has 142 valence electrons. The second-order valence-corrected chi connectivity index (χ2v) is 5.44. The molecule has 0 fully saturated rings. The van der Waals surface area contributed by atoms with Crippen LogP contribution in [0, 0.1) is 0 Å². The van der Waals surface area contributed by atoms with Gasteiger partial charge in [0.25, 0.3) is 11.8 Å². The zero-order chi connectivity index (χ0) is 19.9. The summed E-state index contributed by atoms with van der Waals surface area (Å²) in [6.07, 6.45) is 2.09. The number of amides is 5. The first-order valence-corrected chi connectivity index (χ1v) is 7.66. The largest absolute Gasteiger partial charge is 0.445 e. The zero-order valence-corrected chi connectivity index (χ0v) is 14.5. The van der Waals surface area contributed by atoms with Crippen LogP contribution in [0.2, 0.25) is 0 Å². The van der Waals surface area contributed by atoms with E-state index in [4.69, 9.17) is 0 Å². The first-order valence-electron chi connectivity index (χ1n) is 7.66. The summed E-state index contributed by atoms with van der Waals surface area (Å²) in [5.74, 6) is -3.72. The molecule has 0 aromatic rings. The maximum Gasteiger partial charge on any atom is 0.304 e. The van der Waals surface area contributed by atoms with Crippen molar-refractivity contribution in [2.45, 2.75) is 32.9 Å². The van der Waals surface area contributed by atoms with E-state index < -0.39 is 54.1 Å². The fourth-order valence-corrected chi connectivity index (χ4v) is 1.85. The third kappa shape index (κ3) is 6.34. The number of hydrogen-bond donors (Lipinski definition) is 3. The third-order valence-electron chi connectivity index (χ3n) is 3.25. The van der Waals surface area contributed by atoms with E-state index in [0.717, 1.165) is 17.1 Å². The summed E-state index contributed by atoms with van der Waals surface area (Å²) >= 11 is 0. The highest BCUT2D eigenvalue weighted by molar-refractivity contribution is 6.14. The first kappa shape index (κ1) is 20.8. The van der Waals surface area contributed by atoms with Crippen LogP contribution >= 0.6 is 0 Å². The summed E-state index contributed by atoms with van der Waals surface area (Å²) in [6, 6.07) is -1.95. The zero-order valence-electron chi connectivity index (χ0n) is 14.5. The van der Waals surface area contributed by atoms with Crippen LogP contribution < -0.4 is 16.0 Å². The van der Waals surface area contributed by atoms with Gasteiger partial charge in [-0.3, -0.25) is 33.7 Å². The van der Waals surface area contributed by atoms with Gasteiger partial charge < -0.3 is 20.7 Å². The number of nitrogens with zero attached hydrogens (tertiary/aromatic N) is 1. The van der Waals surface area contributed by atoms with E-state index in [1.165, 1.54) is 20.8 Å². The van der Waals surface area contributed by atoms with Crippen LogP contribution in [0.1, 0.15) is 20.8 Å². The second-order valence-electron chi connectivity index (χ2n) is 5.44. The summed E-state index contributed by atoms with van der Waals surface area (Å²) in [7, 11) is 0. The summed E-state index contributed by atoms with van der Waals surface area (Å²) in [6.45, 7) is 3.12. The van der Waals surface area contributed by atoms with Crippen LogP contribution in [0.3, 0.4) is 0 Å². The van der Waals surface area contributed by atoms with Gasteiger partial charge in [0.05, 0.1) is 0 Å². The van der Waals surface area contributed by atoms with Gasteiger partial charge in [0.2, 0.25) is 17.7 Å². The SMILES string of the molecule is CC(=O)OCNC(=O)[C@H](C)NC(=O)[C@H](C)NC(=O)CN1C(=O)C=CC1=O. The molecular weight excluding hydrogens is 348 g/mol. The number of esters is 1. The Labute approximate surface area is 149 Å². The second kappa shape index (κ2) is 9.30. The van der Waals surface area contributed by atoms with Crippen molar-refractivity contribution in [2.24, 2.45) is 0 Å². The van der Waals surface area contributed by atoms with Crippen LogP contribution in [0.15, 0.2) is 12.2 Å². The molecule has 0 aromatic heterocycles. The number of rotatable bonds is 8. The number of hydrogen-bond acceptors (Lipinski definition) is 7. The average molecular weight is 368 g/mol. The molecule has 26 heavy (non-hydrogen) atoms. The van der Waals surface area contributed by atoms with Gasteiger partial charge >= 0.3 is 5.97 Å². The van der Waals surface area contributed by atoms with Crippen LogP contribution in [-0.4, -0.2) is 65.8 Å². The molecule has 0 radical (unpaired) electrons. The van der Waals surface area contributed by atoms with Gasteiger partial charge in [-0.1, -0.05) is 0 Å². The molecule has 1 heterocycles. The molecule has 0 aliphatic carbocycles. The Morgan fingerprint density at radius 1 is 1.00 bits per heavy atom. The van der Waals surface area contributed by atoms with Crippen molar-refractivity contribution in [3.05, 3.63) is 12.2 Å². The van der Waals surface area contributed by atoms with Crippen LogP contribution in [0.5, 0.6) is 0 Å². The lowest BCUT2D eigenvalue weighted by molar-refractivity contribution is -0.144. The van der Waals surface area contributed by atoms with Gasteiger partial charge in [0.15, 0.2) is 6.73 Å². The molecule has 1 aliphatic heterocycles. The summed E-state index contributed by atoms with van der Waals surface area (Å²) < 4.78 is 4.54. The van der Waals surface area contributed by atoms with Crippen LogP contribution in [0.4, 0.5) is 0 Å². The molecule has 1 aliphatic rings. The first-order chi connectivity index (χ1) is 12.1. The normalized spacial score (nSPS) is 15.3. The van der Waals surface area contributed by atoms with E-state index in [0.29, 0.717) is 0 Å². The fourth-order valence-electron chi connectivity index (χ4n) is 1.85. The van der Waals surface area contributed by atoms with Crippen molar-refractivity contribution in [1.29, 1.82) is 0 Å². The summed E-state index contributed by atoms with van der Waals surface area (Å²) in [4.78, 5) is 69.6. The van der Waals surface area contributed by atoms with E-state index in [1.807, 2.05) is 0 Å². The van der Waals surface area contributed by atoms with E-state index in [1.54, 1.807) is 0 Å². The number of nitrogens with one attached hydrogen (secondary N) is 3. The maximum absolute atomic E-state index is 12.0. The molecule has 0 spiro atoms. The minimum absolute atomic E-state index is 0.327. The standard InChI is InChI=1S/C15H20N4O7/c1-8(14(24)16-7-26-10(3)20)18-15(25)9(2)17-11(21)6-19-12(22)4-5-13(19)23/h4-5,8-9H,6-7H2,1-3H3,(H,16,24)(H,17,21)(H,18,25)/t8-,9-/m0/s1. The predicted molar refractivity (Wildman–Crippen MR) is 85.8 cm³/mol. The Morgan fingerprint density at radius 3 is 2.08 bits per heavy atom. The lowest BCUT2D eigenvalue weighted by Crippen LogP contribution is -2.53. The Bertz CT molecular complexity index is 640. The minimum atomic E-state index is -1.01. The lowest BCUT2D eigenvalue weighted by Gasteiger charge is -2.19. The average Bonchev–Trinajstić information content (AvgIpc) is 2.85. The number of ether oxygens (including phenoxy) is 1. The summed E-state index contributed by atoms with van der Waals surface area (Å²) in [5.41, 5.74) is 0. The van der Waals surface area contributed by atoms with E-state index in [9.17, 15) is 28.8 Å². The van der Waals surface area contributed by atoms with E-state index in [2.05, 4.69) is 20.7 Å². The van der Waals surface area contributed by atoms with Gasteiger partial charge in [-0.25, -0.2) is 0 Å². The van der Waals surface area contributed by atoms with Gasteiger partial charge in [0, 0.05) is 19.1 Å². The van der Waals surface area contributed by atoms with Crippen LogP contribution in [0.25, 0.3) is 0 Å². The molecular formula is C15H20N4O7. The highest BCUT2D eigenvalue weighted by Gasteiger charge is 2.27. The van der Waals surface area contributed by atoms with Crippen molar-refractivity contribution in [3.8, 4) is 0 Å². The summed E-state index contributed by atoms with van der Waals surface area (Å²) in [5, 5.41) is 6.98. The predicted octanol–water partition coefficient (Wildman–Crippen LogP) is -2.44. The number of carbonyl (C=O) groups is 6. The van der Waals surface area contributed by atoms with Crippen molar-refractivity contribution >= 4 is 35.5 Å². The number of imide groups is 1. The van der Waals surface area contributed by atoms with E-state index >= 15 is 0 Å². The molecule has 0 unspecified atom stereocenters. The molecule has 11 nitrogen and oxygen atoms in total. The topological polar surface area (TPSA) is 151 Å². The van der Waals surface area contributed by atoms with Gasteiger partial charge in [0.1, 0.15) is 18.6 Å². The molecule has 0 aromatic carbocycles. The highest BCUT2D eigenvalue weighted by atomic mass is 16.5. The van der Waals surface area contributed by atoms with E-state index in [-0.39, 0.29) is 6.73 Å². The monoisotopic (exact) mass is 368 g/mol. The quantitative estimate of drug-likeness (QED) is 0.244. The molecule has 0 saturated heterocycles. The van der Waals surface area contributed by atoms with Crippen molar-refractivity contribution in [2.75, 3.05) is 13.3 Å². The Morgan fingerprint density at radius 2 is 1.54 bits per heavy atom. The lowest BCUT2D eigenvalue weighted by atomic mass is 10.2. The van der Waals surface area contributed by atoms with Crippen molar-refractivity contribution in [3.63, 3.8) is 0 Å². The number of carbonyl (C=O) groups excluding carboxylic acids is 6. The maximum atomic E-state index is 12.0. The molecule has 0 saturated carbocycles. The van der Waals surface area contributed by atoms with Crippen molar-refractivity contribution < 1.29 is 33.5 Å². The molecule has 3 N–H and O–H groups in total. The molecule has 5 amide bonds. The smallest absolute Gasteiger partial charge is 0.304 e. The van der Waals surface area contributed by atoms with Gasteiger partial charge in [-0.2, -0.15) is 0 Å². The minimum Gasteiger partial charge on any atom is -0.445 e. The van der Waals surface area contributed by atoms with Crippen LogP contribution in [-0.2, 0) is 33.5 Å². The molecule has 11 heteroatoms. The molecule has 1 rings (SSSR count). The Hall–Kier alpha value is -3.24. The third-order valence-corrected chi connectivity index (χ3v) is 3.25. The highest BCUT2D eigenvalue weighted by Crippen LogP contribution is 2.02. The van der Waals surface area contributed by atoms with Gasteiger partial charge in [-0.15, -0.1) is 0 Å². The Balaban J connectivity index is 2.40. The molecule has 0 bridgehead atoms. The Kier molecular flexibility index (Phi) is 7.44.